The predicted molar refractivity (Wildman–Crippen MR) is 180 cm³/mol. The second-order valence-corrected chi connectivity index (χ2v) is 15.9. The smallest absolute Gasteiger partial charge is 0.270 e. The summed E-state index contributed by atoms with van der Waals surface area (Å²) in [6, 6.07) is 29.5. The summed E-state index contributed by atoms with van der Waals surface area (Å²) in [5.41, 5.74) is 2.93. The van der Waals surface area contributed by atoms with Crippen molar-refractivity contribution in [1.29, 1.82) is 0 Å². The van der Waals surface area contributed by atoms with Crippen LogP contribution in [0.5, 0.6) is 0 Å². The topological polar surface area (TPSA) is 130 Å². The monoisotopic (exact) mass is 690 g/mol. The summed E-state index contributed by atoms with van der Waals surface area (Å²) in [6.45, 7) is 0. The predicted octanol–water partition coefficient (Wildman–Crippen LogP) is 6.33. The zero-order chi connectivity index (χ0) is 33.6. The minimum absolute atomic E-state index is 0.0159. The molecule has 6 rings (SSSR count). The first kappa shape index (κ1) is 32.8. The normalized spacial score (nSPS) is 12.7. The molecule has 0 fully saturated rings. The zero-order valence-electron chi connectivity index (χ0n) is 25.6. The molecule has 0 heterocycles. The summed E-state index contributed by atoms with van der Waals surface area (Å²) >= 11 is 0. The molecule has 0 aliphatic carbocycles. The fourth-order valence-corrected chi connectivity index (χ4v) is 8.86. The molecule has 6 aromatic carbocycles. The molecule has 12 heteroatoms. The lowest BCUT2D eigenvalue weighted by Gasteiger charge is -2.17. The van der Waals surface area contributed by atoms with Crippen LogP contribution in [-0.2, 0) is 55.7 Å². The number of fused-ring (bicyclic) bond motifs is 3. The molecular weight excluding hydrogens is 661 g/mol. The van der Waals surface area contributed by atoms with Gasteiger partial charge in [-0.3, -0.25) is 12.5 Å². The van der Waals surface area contributed by atoms with Crippen molar-refractivity contribution >= 4 is 62.7 Å². The molecule has 0 amide bonds. The van der Waals surface area contributed by atoms with Gasteiger partial charge in [-0.25, -0.2) is 0 Å². The molecule has 0 saturated heterocycles. The molecular formula is C35H30O9S3. The molecule has 47 heavy (non-hydrogen) atoms. The van der Waals surface area contributed by atoms with E-state index in [0.717, 1.165) is 37.8 Å². The van der Waals surface area contributed by atoms with Gasteiger partial charge in [-0.15, -0.1) is 0 Å². The third kappa shape index (κ3) is 5.93. The maximum atomic E-state index is 13.3. The highest BCUT2D eigenvalue weighted by Gasteiger charge is 2.24. The van der Waals surface area contributed by atoms with Crippen molar-refractivity contribution in [2.75, 3.05) is 21.3 Å². The van der Waals surface area contributed by atoms with Crippen LogP contribution in [0.3, 0.4) is 0 Å². The second-order valence-electron chi connectivity index (χ2n) is 10.8. The Hall–Kier alpha value is -4.17. The van der Waals surface area contributed by atoms with Crippen LogP contribution in [0.25, 0.3) is 32.3 Å². The fourth-order valence-electron chi connectivity index (χ4n) is 6.15. The minimum atomic E-state index is -4.16. The first-order valence-corrected chi connectivity index (χ1v) is 18.6. The van der Waals surface area contributed by atoms with Crippen molar-refractivity contribution in [1.82, 2.24) is 0 Å². The first-order chi connectivity index (χ1) is 22.4. The molecule has 0 aromatic heterocycles. The van der Waals surface area contributed by atoms with Crippen molar-refractivity contribution in [3.8, 4) is 0 Å². The highest BCUT2D eigenvalue weighted by atomic mass is 32.2. The number of rotatable bonds is 10. The largest absolute Gasteiger partial charge is 0.297 e. The standard InChI is InChI=1S/C35H30O9S3/c1-42-45(36,37)31-16-7-13-28-24(11-5-15-30(28)31)21-27-20-19-25(29-14-8-18-33(35(27)29)47(40,41)44-3)22-26-12-4-9-23-10-6-17-32(34(23)26)46(38,39)43-2/h4-20H,21-22H2,1-3H3. The van der Waals surface area contributed by atoms with Crippen LogP contribution in [0.1, 0.15) is 22.3 Å². The van der Waals surface area contributed by atoms with Crippen molar-refractivity contribution in [3.05, 3.63) is 125 Å². The maximum Gasteiger partial charge on any atom is 0.297 e. The lowest BCUT2D eigenvalue weighted by Crippen LogP contribution is -2.07. The van der Waals surface area contributed by atoms with Crippen LogP contribution in [-0.4, -0.2) is 46.6 Å². The van der Waals surface area contributed by atoms with Crippen LogP contribution in [0.15, 0.2) is 118 Å². The van der Waals surface area contributed by atoms with Gasteiger partial charge >= 0.3 is 0 Å². The molecule has 242 valence electrons. The Morgan fingerprint density at radius 1 is 0.404 bits per heavy atom. The highest BCUT2D eigenvalue weighted by molar-refractivity contribution is 7.87. The summed E-state index contributed by atoms with van der Waals surface area (Å²) in [6.07, 6.45) is 0.554. The van der Waals surface area contributed by atoms with E-state index in [0.29, 0.717) is 38.1 Å². The van der Waals surface area contributed by atoms with Gasteiger partial charge in [0.15, 0.2) is 0 Å². The Labute approximate surface area is 273 Å². The molecule has 0 saturated carbocycles. The quantitative estimate of drug-likeness (QED) is 0.151. The van der Waals surface area contributed by atoms with Gasteiger partial charge in [-0.05, 0) is 69.5 Å². The molecule has 0 spiro atoms. The van der Waals surface area contributed by atoms with E-state index in [1.165, 1.54) is 18.2 Å². The Kier molecular flexibility index (Phi) is 8.68. The first-order valence-electron chi connectivity index (χ1n) is 14.4. The van der Waals surface area contributed by atoms with Gasteiger partial charge in [0.25, 0.3) is 30.4 Å². The van der Waals surface area contributed by atoms with Crippen molar-refractivity contribution in [3.63, 3.8) is 0 Å². The molecule has 0 N–H and O–H groups in total. The summed E-state index contributed by atoms with van der Waals surface area (Å²) in [4.78, 5) is 0.0624. The molecule has 0 atom stereocenters. The molecule has 0 unspecified atom stereocenters. The Balaban J connectivity index is 1.57. The summed E-state index contributed by atoms with van der Waals surface area (Å²) in [7, 11) is -8.83. The van der Waals surface area contributed by atoms with E-state index in [4.69, 9.17) is 12.5 Å². The van der Waals surface area contributed by atoms with E-state index in [2.05, 4.69) is 0 Å². The number of hydrogen-bond donors (Lipinski definition) is 0. The van der Waals surface area contributed by atoms with E-state index in [1.807, 2.05) is 54.6 Å². The van der Waals surface area contributed by atoms with Gasteiger partial charge in [-0.2, -0.15) is 25.3 Å². The van der Waals surface area contributed by atoms with E-state index in [-0.39, 0.29) is 27.5 Å². The molecule has 0 aliphatic rings. The summed E-state index contributed by atoms with van der Waals surface area (Å²) in [5.74, 6) is 0. The van der Waals surface area contributed by atoms with E-state index in [1.54, 1.807) is 30.3 Å². The number of benzene rings is 6. The van der Waals surface area contributed by atoms with Gasteiger partial charge in [0.1, 0.15) is 14.7 Å². The van der Waals surface area contributed by atoms with Crippen LogP contribution in [0.4, 0.5) is 0 Å². The average molecular weight is 691 g/mol. The van der Waals surface area contributed by atoms with Crippen molar-refractivity contribution in [2.24, 2.45) is 0 Å². The van der Waals surface area contributed by atoms with Crippen molar-refractivity contribution < 1.29 is 37.8 Å². The van der Waals surface area contributed by atoms with Gasteiger partial charge in [0.2, 0.25) is 0 Å². The summed E-state index contributed by atoms with van der Waals surface area (Å²) in [5, 5.41) is 3.50. The Morgan fingerprint density at radius 2 is 0.809 bits per heavy atom. The van der Waals surface area contributed by atoms with E-state index >= 15 is 0 Å². The van der Waals surface area contributed by atoms with Gasteiger partial charge in [0, 0.05) is 16.2 Å². The fraction of sp³-hybridized carbons (Fsp3) is 0.143. The highest BCUT2D eigenvalue weighted by Crippen LogP contribution is 2.36. The molecule has 0 radical (unpaired) electrons. The minimum Gasteiger partial charge on any atom is -0.270 e. The average Bonchev–Trinajstić information content (AvgIpc) is 3.08. The van der Waals surface area contributed by atoms with E-state index < -0.39 is 30.4 Å². The second kappa shape index (κ2) is 12.5. The van der Waals surface area contributed by atoms with Gasteiger partial charge < -0.3 is 0 Å². The SMILES string of the molecule is COS(=O)(=O)c1cccc2c(Cc3ccc(Cc4cccc5cccc(S(=O)(=O)OC)c45)c4cccc(S(=O)(=O)OC)c34)cccc12. The van der Waals surface area contributed by atoms with Crippen LogP contribution in [0, 0.1) is 0 Å². The lowest BCUT2D eigenvalue weighted by molar-refractivity contribution is 0.397. The van der Waals surface area contributed by atoms with Gasteiger partial charge in [-0.1, -0.05) is 84.9 Å². The Bertz CT molecular complexity index is 2520. The third-order valence-electron chi connectivity index (χ3n) is 8.33. The zero-order valence-corrected chi connectivity index (χ0v) is 28.1. The van der Waals surface area contributed by atoms with E-state index in [9.17, 15) is 25.3 Å². The molecule has 6 aromatic rings. The molecule has 0 bridgehead atoms. The van der Waals surface area contributed by atoms with Crippen LogP contribution in [0.2, 0.25) is 0 Å². The number of hydrogen-bond acceptors (Lipinski definition) is 9. The molecule has 9 nitrogen and oxygen atoms in total. The van der Waals surface area contributed by atoms with Gasteiger partial charge in [0.05, 0.1) is 21.3 Å². The van der Waals surface area contributed by atoms with Crippen LogP contribution >= 0.6 is 0 Å². The third-order valence-corrected chi connectivity index (χ3v) is 12.3. The van der Waals surface area contributed by atoms with Crippen molar-refractivity contribution in [2.45, 2.75) is 27.5 Å². The Morgan fingerprint density at radius 3 is 1.45 bits per heavy atom. The summed E-state index contributed by atoms with van der Waals surface area (Å²) < 4.78 is 92.2. The molecule has 0 aliphatic heterocycles. The van der Waals surface area contributed by atoms with Crippen LogP contribution < -0.4 is 0 Å². The lowest BCUT2D eigenvalue weighted by atomic mass is 9.90. The maximum absolute atomic E-state index is 13.3.